The molecule has 1 aromatic heterocycles. The van der Waals surface area contributed by atoms with Crippen molar-refractivity contribution in [3.05, 3.63) is 76.6 Å². The van der Waals surface area contributed by atoms with Crippen LogP contribution < -0.4 is 5.32 Å². The predicted molar refractivity (Wildman–Crippen MR) is 107 cm³/mol. The number of halogens is 1. The fourth-order valence-electron chi connectivity index (χ4n) is 3.07. The molecule has 0 spiro atoms. The van der Waals surface area contributed by atoms with Crippen LogP contribution in [-0.4, -0.2) is 21.1 Å². The first kappa shape index (κ1) is 18.1. The van der Waals surface area contributed by atoms with Crippen LogP contribution >= 0.6 is 23.4 Å². The van der Waals surface area contributed by atoms with Crippen LogP contribution in [-0.2, 0) is 5.75 Å². The van der Waals surface area contributed by atoms with Crippen molar-refractivity contribution in [2.75, 3.05) is 0 Å². The number of carbonyl (C=O) groups excluding carboxylic acids is 1. The van der Waals surface area contributed by atoms with E-state index in [4.69, 9.17) is 11.6 Å². The third kappa shape index (κ3) is 4.51. The van der Waals surface area contributed by atoms with E-state index in [9.17, 15) is 4.79 Å². The molecule has 2 N–H and O–H groups in total. The number of thioether (sulfide) groups is 1. The Morgan fingerprint density at radius 2 is 2.00 bits per heavy atom. The van der Waals surface area contributed by atoms with E-state index < -0.39 is 0 Å². The second kappa shape index (κ2) is 8.15. The van der Waals surface area contributed by atoms with Gasteiger partial charge in [0.25, 0.3) is 5.91 Å². The van der Waals surface area contributed by atoms with Gasteiger partial charge in [0.05, 0.1) is 6.04 Å². The monoisotopic (exact) mass is 398 g/mol. The fourth-order valence-corrected chi connectivity index (χ4v) is 3.98. The maximum absolute atomic E-state index is 13.0. The van der Waals surface area contributed by atoms with Gasteiger partial charge < -0.3 is 5.32 Å². The Bertz CT molecular complexity index is 910. The van der Waals surface area contributed by atoms with Crippen LogP contribution in [0.2, 0.25) is 5.02 Å². The lowest BCUT2D eigenvalue weighted by Gasteiger charge is -2.20. The highest BCUT2D eigenvalue weighted by atomic mass is 35.5. The van der Waals surface area contributed by atoms with E-state index in [2.05, 4.69) is 20.5 Å². The van der Waals surface area contributed by atoms with E-state index in [-0.39, 0.29) is 11.9 Å². The van der Waals surface area contributed by atoms with E-state index in [1.54, 1.807) is 0 Å². The standard InChI is InChI=1S/C20H19ClN4OS/c21-16-9-7-14(8-10-16)18(13-5-6-13)24-19(26)17-4-2-1-3-15(17)11-27-20-22-12-23-25-20/h1-4,7-10,12-13,18H,5-6,11H2,(H,24,26)(H,22,23,25). The van der Waals surface area contributed by atoms with Crippen LogP contribution in [0.15, 0.2) is 60.0 Å². The molecule has 0 radical (unpaired) electrons. The molecule has 1 aliphatic carbocycles. The van der Waals surface area contributed by atoms with Gasteiger partial charge in [0.1, 0.15) is 6.33 Å². The normalized spacial score (nSPS) is 14.7. The first-order valence-electron chi connectivity index (χ1n) is 8.83. The van der Waals surface area contributed by atoms with E-state index in [0.29, 0.717) is 22.3 Å². The molecule has 1 saturated carbocycles. The highest BCUT2D eigenvalue weighted by molar-refractivity contribution is 7.98. The second-order valence-electron chi connectivity index (χ2n) is 6.58. The molecule has 1 unspecified atom stereocenters. The lowest BCUT2D eigenvalue weighted by Crippen LogP contribution is -2.30. The number of aromatic amines is 1. The molecule has 3 aromatic rings. The number of H-pyrrole nitrogens is 1. The average molecular weight is 399 g/mol. The number of carbonyl (C=O) groups is 1. The summed E-state index contributed by atoms with van der Waals surface area (Å²) in [5, 5.41) is 11.4. The molecule has 7 heteroatoms. The summed E-state index contributed by atoms with van der Waals surface area (Å²) in [5.74, 6) is 1.09. The third-order valence-electron chi connectivity index (χ3n) is 4.63. The van der Waals surface area contributed by atoms with Crippen molar-refractivity contribution in [3.63, 3.8) is 0 Å². The van der Waals surface area contributed by atoms with E-state index in [1.807, 2.05) is 48.5 Å². The maximum atomic E-state index is 13.0. The van der Waals surface area contributed by atoms with Gasteiger partial charge in [-0.3, -0.25) is 9.89 Å². The molecule has 1 atom stereocenters. The van der Waals surface area contributed by atoms with Crippen LogP contribution in [0.5, 0.6) is 0 Å². The fraction of sp³-hybridized carbons (Fsp3) is 0.250. The zero-order valence-corrected chi connectivity index (χ0v) is 16.1. The number of nitrogens with zero attached hydrogens (tertiary/aromatic N) is 2. The number of aromatic nitrogens is 3. The number of hydrogen-bond acceptors (Lipinski definition) is 4. The Morgan fingerprint density at radius 3 is 2.70 bits per heavy atom. The summed E-state index contributed by atoms with van der Waals surface area (Å²) in [5.41, 5.74) is 2.77. The molecule has 5 nitrogen and oxygen atoms in total. The van der Waals surface area contributed by atoms with Crippen molar-refractivity contribution in [2.45, 2.75) is 29.8 Å². The van der Waals surface area contributed by atoms with Gasteiger partial charge in [0.2, 0.25) is 0 Å². The van der Waals surface area contributed by atoms with Crippen molar-refractivity contribution in [3.8, 4) is 0 Å². The Hall–Kier alpha value is -2.31. The summed E-state index contributed by atoms with van der Waals surface area (Å²) < 4.78 is 0. The molecule has 1 fully saturated rings. The summed E-state index contributed by atoms with van der Waals surface area (Å²) in [6.45, 7) is 0. The van der Waals surface area contributed by atoms with Crippen LogP contribution in [0.3, 0.4) is 0 Å². The van der Waals surface area contributed by atoms with Crippen molar-refractivity contribution < 1.29 is 4.79 Å². The smallest absolute Gasteiger partial charge is 0.252 e. The van der Waals surface area contributed by atoms with E-state index in [1.165, 1.54) is 18.1 Å². The lowest BCUT2D eigenvalue weighted by molar-refractivity contribution is 0.0931. The van der Waals surface area contributed by atoms with Gasteiger partial charge in [-0.15, -0.1) is 0 Å². The number of hydrogen-bond donors (Lipinski definition) is 2. The van der Waals surface area contributed by atoms with Crippen LogP contribution in [0, 0.1) is 5.92 Å². The quantitative estimate of drug-likeness (QED) is 0.569. The van der Waals surface area contributed by atoms with Crippen LogP contribution in [0.1, 0.15) is 40.4 Å². The highest BCUT2D eigenvalue weighted by Crippen LogP contribution is 2.41. The molecular weight excluding hydrogens is 380 g/mol. The summed E-state index contributed by atoms with van der Waals surface area (Å²) >= 11 is 7.53. The third-order valence-corrected chi connectivity index (χ3v) is 5.81. The number of benzene rings is 2. The second-order valence-corrected chi connectivity index (χ2v) is 7.98. The molecule has 0 bridgehead atoms. The largest absolute Gasteiger partial charge is 0.345 e. The predicted octanol–water partition coefficient (Wildman–Crippen LogP) is 4.63. The lowest BCUT2D eigenvalue weighted by atomic mass is 10.0. The summed E-state index contributed by atoms with van der Waals surface area (Å²) in [6, 6.07) is 15.5. The molecule has 1 aliphatic rings. The minimum absolute atomic E-state index is 0.0183. The van der Waals surface area contributed by atoms with E-state index in [0.717, 1.165) is 29.1 Å². The van der Waals surface area contributed by atoms with Gasteiger partial charge in [-0.05, 0) is 48.1 Å². The van der Waals surface area contributed by atoms with Crippen molar-refractivity contribution in [1.82, 2.24) is 20.5 Å². The van der Waals surface area contributed by atoms with Gasteiger partial charge in [0.15, 0.2) is 5.16 Å². The van der Waals surface area contributed by atoms with Gasteiger partial charge in [-0.1, -0.05) is 53.7 Å². The summed E-state index contributed by atoms with van der Waals surface area (Å²) in [6.07, 6.45) is 3.75. The first-order valence-corrected chi connectivity index (χ1v) is 10.2. The van der Waals surface area contributed by atoms with Crippen LogP contribution in [0.25, 0.3) is 0 Å². The first-order chi connectivity index (χ1) is 13.2. The molecule has 0 saturated heterocycles. The maximum Gasteiger partial charge on any atom is 0.252 e. The molecular formula is C20H19ClN4OS. The molecule has 4 rings (SSSR count). The summed E-state index contributed by atoms with van der Waals surface area (Å²) in [4.78, 5) is 17.1. The Labute approximate surface area is 166 Å². The number of rotatable bonds is 7. The molecule has 27 heavy (non-hydrogen) atoms. The number of nitrogens with one attached hydrogen (secondary N) is 2. The number of amides is 1. The molecule has 0 aliphatic heterocycles. The van der Waals surface area contributed by atoms with Crippen molar-refractivity contribution >= 4 is 29.3 Å². The van der Waals surface area contributed by atoms with Crippen molar-refractivity contribution in [2.24, 2.45) is 5.92 Å². The minimum atomic E-state index is -0.0457. The molecule has 1 heterocycles. The van der Waals surface area contributed by atoms with Gasteiger partial charge in [-0.2, -0.15) is 5.10 Å². The Morgan fingerprint density at radius 1 is 1.22 bits per heavy atom. The summed E-state index contributed by atoms with van der Waals surface area (Å²) in [7, 11) is 0. The molecule has 1 amide bonds. The zero-order valence-electron chi connectivity index (χ0n) is 14.6. The average Bonchev–Trinajstić information content (AvgIpc) is 3.40. The Kier molecular flexibility index (Phi) is 5.45. The minimum Gasteiger partial charge on any atom is -0.345 e. The van der Waals surface area contributed by atoms with Crippen molar-refractivity contribution in [1.29, 1.82) is 0 Å². The van der Waals surface area contributed by atoms with Crippen LogP contribution in [0.4, 0.5) is 0 Å². The molecule has 138 valence electrons. The Balaban J connectivity index is 1.50. The zero-order chi connectivity index (χ0) is 18.6. The highest BCUT2D eigenvalue weighted by Gasteiger charge is 2.33. The van der Waals surface area contributed by atoms with E-state index >= 15 is 0 Å². The molecule has 2 aromatic carbocycles. The van der Waals surface area contributed by atoms with Gasteiger partial charge in [0, 0.05) is 16.3 Å². The SMILES string of the molecule is O=C(NC(c1ccc(Cl)cc1)C1CC1)c1ccccc1CSc1ncn[nH]1. The van der Waals surface area contributed by atoms with Gasteiger partial charge >= 0.3 is 0 Å². The van der Waals surface area contributed by atoms with Gasteiger partial charge in [-0.25, -0.2) is 4.98 Å². The topological polar surface area (TPSA) is 70.7 Å².